The van der Waals surface area contributed by atoms with E-state index in [4.69, 9.17) is 10.1 Å². The molecule has 0 atom stereocenters. The van der Waals surface area contributed by atoms with Gasteiger partial charge in [0.05, 0.1) is 17.1 Å². The third-order valence-electron chi connectivity index (χ3n) is 4.04. The summed E-state index contributed by atoms with van der Waals surface area (Å²) in [7, 11) is 0. The summed E-state index contributed by atoms with van der Waals surface area (Å²) in [5.41, 5.74) is 3.52. The summed E-state index contributed by atoms with van der Waals surface area (Å²) in [6, 6.07) is 4.23. The van der Waals surface area contributed by atoms with Crippen LogP contribution in [0.15, 0.2) is 45.1 Å². The molecular formula is C18H23N3S2. The largest absolute Gasteiger partial charge is 0.253 e. The third kappa shape index (κ3) is 4.09. The van der Waals surface area contributed by atoms with Gasteiger partial charge in [0.25, 0.3) is 0 Å². The Morgan fingerprint density at radius 2 is 2.13 bits per heavy atom. The molecule has 1 fully saturated rings. The van der Waals surface area contributed by atoms with Gasteiger partial charge in [0.1, 0.15) is 0 Å². The third-order valence-corrected chi connectivity index (χ3v) is 5.78. The highest BCUT2D eigenvalue weighted by Gasteiger charge is 2.15. The Morgan fingerprint density at radius 3 is 2.78 bits per heavy atom. The van der Waals surface area contributed by atoms with E-state index in [1.54, 1.807) is 22.7 Å². The van der Waals surface area contributed by atoms with Gasteiger partial charge < -0.3 is 0 Å². The van der Waals surface area contributed by atoms with Crippen LogP contribution in [0.3, 0.4) is 0 Å². The van der Waals surface area contributed by atoms with Gasteiger partial charge in [-0.15, -0.1) is 22.7 Å². The van der Waals surface area contributed by atoms with E-state index in [2.05, 4.69) is 36.4 Å². The van der Waals surface area contributed by atoms with Crippen molar-refractivity contribution >= 4 is 28.4 Å². The Balaban J connectivity index is 2.01. The van der Waals surface area contributed by atoms with Crippen LogP contribution in [-0.2, 0) is 0 Å². The van der Waals surface area contributed by atoms with Crippen molar-refractivity contribution in [2.75, 3.05) is 6.54 Å². The minimum absolute atomic E-state index is 0.659. The van der Waals surface area contributed by atoms with E-state index < -0.39 is 0 Å². The quantitative estimate of drug-likeness (QED) is 0.684. The Bertz CT molecular complexity index is 753. The highest BCUT2D eigenvalue weighted by molar-refractivity contribution is 7.14. The van der Waals surface area contributed by atoms with E-state index in [0.717, 1.165) is 34.8 Å². The summed E-state index contributed by atoms with van der Waals surface area (Å²) in [6.07, 6.45) is 4.70. The molecule has 122 valence electrons. The maximum absolute atomic E-state index is 4.97. The Hall–Kier alpha value is -1.46. The molecule has 1 aliphatic rings. The minimum atomic E-state index is 0.659. The number of aromatic nitrogens is 1. The number of hydrogen-bond donors (Lipinski definition) is 0. The first kappa shape index (κ1) is 16.4. The zero-order valence-electron chi connectivity index (χ0n) is 13.8. The molecule has 0 saturated heterocycles. The molecule has 0 bridgehead atoms. The van der Waals surface area contributed by atoms with Crippen LogP contribution in [0.2, 0.25) is 0 Å². The maximum atomic E-state index is 4.97. The summed E-state index contributed by atoms with van der Waals surface area (Å²) in [5.74, 6) is 0.825. The molecule has 0 radical (unpaired) electrons. The van der Waals surface area contributed by atoms with Crippen molar-refractivity contribution in [1.82, 2.24) is 4.68 Å². The monoisotopic (exact) mass is 345 g/mol. The van der Waals surface area contributed by atoms with Crippen LogP contribution in [0.25, 0.3) is 10.6 Å². The highest BCUT2D eigenvalue weighted by atomic mass is 32.1. The average molecular weight is 346 g/mol. The van der Waals surface area contributed by atoms with Gasteiger partial charge in [-0.05, 0) is 50.0 Å². The van der Waals surface area contributed by atoms with E-state index in [-0.39, 0.29) is 0 Å². The second-order valence-electron chi connectivity index (χ2n) is 6.31. The van der Waals surface area contributed by atoms with Gasteiger partial charge in [-0.1, -0.05) is 25.1 Å². The lowest BCUT2D eigenvalue weighted by Gasteiger charge is -2.19. The van der Waals surface area contributed by atoms with Gasteiger partial charge in [0.2, 0.25) is 4.80 Å². The van der Waals surface area contributed by atoms with Crippen LogP contribution in [0.5, 0.6) is 0 Å². The Morgan fingerprint density at radius 1 is 1.35 bits per heavy atom. The van der Waals surface area contributed by atoms with Crippen molar-refractivity contribution in [3.05, 3.63) is 39.8 Å². The molecule has 0 aliphatic heterocycles. The molecule has 2 heterocycles. The first-order chi connectivity index (χ1) is 11.1. The number of thiazole rings is 1. The first-order valence-electron chi connectivity index (χ1n) is 8.09. The molecule has 0 N–H and O–H groups in total. The molecular weight excluding hydrogens is 322 g/mol. The van der Waals surface area contributed by atoms with E-state index in [0.29, 0.717) is 6.54 Å². The summed E-state index contributed by atoms with van der Waals surface area (Å²) >= 11 is 3.41. The second-order valence-corrected chi connectivity index (χ2v) is 8.10. The fraction of sp³-hybridized carbons (Fsp3) is 0.444. The van der Waals surface area contributed by atoms with Crippen molar-refractivity contribution in [3.63, 3.8) is 0 Å². The lowest BCUT2D eigenvalue weighted by molar-refractivity contribution is 0.481. The van der Waals surface area contributed by atoms with E-state index >= 15 is 0 Å². The molecule has 0 spiro atoms. The van der Waals surface area contributed by atoms with Crippen LogP contribution < -0.4 is 4.80 Å². The summed E-state index contributed by atoms with van der Waals surface area (Å²) in [4.78, 5) is 6.90. The maximum Gasteiger partial charge on any atom is 0.206 e. The summed E-state index contributed by atoms with van der Waals surface area (Å²) in [5, 5.41) is 9.25. The SMILES string of the molecule is C=C(C)CN=c1scc(-c2cccs2)n1N=C1CCC(C)CC1. The molecule has 1 aliphatic carbocycles. The number of rotatable bonds is 4. The van der Waals surface area contributed by atoms with Gasteiger partial charge in [0, 0.05) is 11.1 Å². The van der Waals surface area contributed by atoms with Crippen LogP contribution in [-0.4, -0.2) is 16.9 Å². The predicted molar refractivity (Wildman–Crippen MR) is 101 cm³/mol. The molecule has 0 aromatic carbocycles. The van der Waals surface area contributed by atoms with Gasteiger partial charge >= 0.3 is 0 Å². The van der Waals surface area contributed by atoms with Gasteiger partial charge in [0.15, 0.2) is 0 Å². The molecule has 5 heteroatoms. The van der Waals surface area contributed by atoms with Crippen molar-refractivity contribution in [2.45, 2.75) is 39.5 Å². The van der Waals surface area contributed by atoms with Crippen LogP contribution in [0.1, 0.15) is 39.5 Å². The minimum Gasteiger partial charge on any atom is -0.253 e. The number of hydrogen-bond acceptors (Lipinski definition) is 4. The smallest absolute Gasteiger partial charge is 0.206 e. The van der Waals surface area contributed by atoms with Crippen molar-refractivity contribution in [1.29, 1.82) is 0 Å². The summed E-state index contributed by atoms with van der Waals surface area (Å²) < 4.78 is 2.05. The fourth-order valence-electron chi connectivity index (χ4n) is 2.64. The van der Waals surface area contributed by atoms with Crippen LogP contribution >= 0.6 is 22.7 Å². The zero-order valence-corrected chi connectivity index (χ0v) is 15.4. The molecule has 2 aromatic heterocycles. The van der Waals surface area contributed by atoms with E-state index in [1.807, 2.05) is 11.6 Å². The van der Waals surface area contributed by atoms with E-state index in [1.165, 1.54) is 23.4 Å². The lowest BCUT2D eigenvalue weighted by Crippen LogP contribution is -2.18. The molecule has 3 nitrogen and oxygen atoms in total. The summed E-state index contributed by atoms with van der Waals surface area (Å²) in [6.45, 7) is 8.95. The molecule has 2 aromatic rings. The van der Waals surface area contributed by atoms with Crippen molar-refractivity contribution < 1.29 is 0 Å². The highest BCUT2D eigenvalue weighted by Crippen LogP contribution is 2.26. The molecule has 0 unspecified atom stereocenters. The first-order valence-corrected chi connectivity index (χ1v) is 9.85. The normalized spacial score (nSPS) is 19.1. The molecule has 0 amide bonds. The van der Waals surface area contributed by atoms with Crippen LogP contribution in [0.4, 0.5) is 0 Å². The Labute approximate surface area is 145 Å². The van der Waals surface area contributed by atoms with Crippen LogP contribution in [0, 0.1) is 5.92 Å². The van der Waals surface area contributed by atoms with E-state index in [9.17, 15) is 0 Å². The second kappa shape index (κ2) is 7.41. The average Bonchev–Trinajstić information content (AvgIpc) is 3.17. The predicted octanol–water partition coefficient (Wildman–Crippen LogP) is 5.17. The van der Waals surface area contributed by atoms with Gasteiger partial charge in [-0.25, -0.2) is 4.68 Å². The fourth-order valence-corrected chi connectivity index (χ4v) is 4.26. The number of nitrogens with zero attached hydrogens (tertiary/aromatic N) is 3. The van der Waals surface area contributed by atoms with Gasteiger partial charge in [-0.3, -0.25) is 4.99 Å². The molecule has 1 saturated carbocycles. The molecule has 3 rings (SSSR count). The topological polar surface area (TPSA) is 29.6 Å². The standard InChI is InChI=1S/C18H23N3S2/c1-13(2)11-19-18-21(20-15-8-6-14(3)7-9-15)16(12-23-18)17-5-4-10-22-17/h4-5,10,12,14H,1,6-9,11H2,2-3H3. The number of thiophene rings is 1. The molecule has 23 heavy (non-hydrogen) atoms. The van der Waals surface area contributed by atoms with Crippen molar-refractivity contribution in [2.24, 2.45) is 16.0 Å². The lowest BCUT2D eigenvalue weighted by atomic mass is 9.90. The van der Waals surface area contributed by atoms with Crippen molar-refractivity contribution in [3.8, 4) is 10.6 Å². The van der Waals surface area contributed by atoms with Gasteiger partial charge in [-0.2, -0.15) is 5.10 Å². The zero-order chi connectivity index (χ0) is 16.2. The Kier molecular flexibility index (Phi) is 5.28.